The zero-order chi connectivity index (χ0) is 25.3. The first kappa shape index (κ1) is 25.6. The number of benzene rings is 1. The van der Waals surface area contributed by atoms with Gasteiger partial charge >= 0.3 is 0 Å². The number of likely N-dealkylation sites (tertiary alicyclic amines) is 1. The number of unbranched alkanes of at least 4 members (excludes halogenated alkanes) is 1. The van der Waals surface area contributed by atoms with Gasteiger partial charge in [0, 0.05) is 18.0 Å². The van der Waals surface area contributed by atoms with E-state index in [9.17, 15) is 4.79 Å². The Kier molecular flexibility index (Phi) is 7.67. The molecule has 2 aromatic rings. The van der Waals surface area contributed by atoms with Crippen LogP contribution in [0.3, 0.4) is 0 Å². The van der Waals surface area contributed by atoms with Crippen molar-refractivity contribution in [1.29, 1.82) is 0 Å². The summed E-state index contributed by atoms with van der Waals surface area (Å²) in [5, 5.41) is 4.60. The van der Waals surface area contributed by atoms with Crippen molar-refractivity contribution in [2.75, 3.05) is 26.2 Å². The monoisotopic (exact) mass is 493 g/mol. The van der Waals surface area contributed by atoms with Crippen molar-refractivity contribution >= 4 is 16.8 Å². The number of carbonyl (C=O) groups excluding carboxylic acids is 1. The van der Waals surface area contributed by atoms with Gasteiger partial charge in [0.05, 0.1) is 12.1 Å². The van der Waals surface area contributed by atoms with Gasteiger partial charge in [0.2, 0.25) is 5.88 Å². The van der Waals surface area contributed by atoms with E-state index in [-0.39, 0.29) is 11.9 Å². The highest BCUT2D eigenvalue weighted by Crippen LogP contribution is 2.49. The molecule has 5 heteroatoms. The molecule has 1 aromatic heterocycles. The highest BCUT2D eigenvalue weighted by molar-refractivity contribution is 6.09. The Morgan fingerprint density at radius 1 is 1.17 bits per heavy atom. The van der Waals surface area contributed by atoms with Crippen molar-refractivity contribution in [2.45, 2.75) is 91.6 Å². The van der Waals surface area contributed by atoms with Crippen LogP contribution in [-0.2, 0) is 6.54 Å². The Bertz CT molecular complexity index is 1050. The van der Waals surface area contributed by atoms with Crippen molar-refractivity contribution in [3.63, 3.8) is 0 Å². The third kappa shape index (κ3) is 4.92. The molecule has 3 heterocycles. The zero-order valence-electron chi connectivity index (χ0n) is 23.0. The highest BCUT2D eigenvalue weighted by Gasteiger charge is 2.45. The lowest BCUT2D eigenvalue weighted by molar-refractivity contribution is 0.0159. The van der Waals surface area contributed by atoms with Crippen LogP contribution in [0.25, 0.3) is 10.9 Å². The topological polar surface area (TPSA) is 46.5 Å². The second kappa shape index (κ2) is 10.8. The molecular weight excluding hydrogens is 446 g/mol. The summed E-state index contributed by atoms with van der Waals surface area (Å²) >= 11 is 0. The molecule has 1 aliphatic carbocycles. The van der Waals surface area contributed by atoms with Crippen LogP contribution in [0, 0.1) is 23.2 Å². The number of ether oxygens (including phenoxy) is 1. The molecule has 0 spiro atoms. The van der Waals surface area contributed by atoms with Crippen molar-refractivity contribution in [2.24, 2.45) is 23.2 Å². The van der Waals surface area contributed by atoms with Gasteiger partial charge in [0.15, 0.2) is 0 Å². The maximum Gasteiger partial charge on any atom is 0.257 e. The van der Waals surface area contributed by atoms with Crippen LogP contribution in [0.5, 0.6) is 5.88 Å². The largest absolute Gasteiger partial charge is 0.478 e. The van der Waals surface area contributed by atoms with Gasteiger partial charge in [-0.1, -0.05) is 52.3 Å². The average Bonchev–Trinajstić information content (AvgIpc) is 3.22. The molecule has 1 amide bonds. The Balaban J connectivity index is 1.35. The Morgan fingerprint density at radius 3 is 2.69 bits per heavy atom. The summed E-state index contributed by atoms with van der Waals surface area (Å²) in [7, 11) is 0. The summed E-state index contributed by atoms with van der Waals surface area (Å²) in [5.74, 6) is 2.66. The van der Waals surface area contributed by atoms with Gasteiger partial charge in [0.1, 0.15) is 5.56 Å². The van der Waals surface area contributed by atoms with Crippen LogP contribution in [0.2, 0.25) is 0 Å². The first-order valence-electron chi connectivity index (χ1n) is 14.7. The summed E-state index contributed by atoms with van der Waals surface area (Å²) < 4.78 is 8.30. The van der Waals surface area contributed by atoms with Gasteiger partial charge in [-0.2, -0.15) is 0 Å². The second-order valence-electron chi connectivity index (χ2n) is 12.4. The van der Waals surface area contributed by atoms with E-state index in [1.165, 1.54) is 58.2 Å². The fraction of sp³-hybridized carbons (Fsp3) is 0.710. The number of hydrogen-bond acceptors (Lipinski definition) is 3. The number of fused-ring (bicyclic) bond motifs is 3. The lowest BCUT2D eigenvalue weighted by Gasteiger charge is -2.50. The molecule has 3 unspecified atom stereocenters. The normalized spacial score (nSPS) is 27.7. The molecule has 1 N–H and O–H groups in total. The molecule has 5 nitrogen and oxygen atoms in total. The van der Waals surface area contributed by atoms with Crippen LogP contribution in [-0.4, -0.2) is 47.7 Å². The number of amides is 1. The first-order valence-corrected chi connectivity index (χ1v) is 14.7. The third-order valence-electron chi connectivity index (χ3n) is 9.74. The van der Waals surface area contributed by atoms with E-state index in [1.54, 1.807) is 0 Å². The van der Waals surface area contributed by atoms with Crippen LogP contribution in [0.1, 0.15) is 89.4 Å². The standard InChI is InChI=1S/C31H47N3O2/c1-5-6-16-33-18-13-23(14-19-33)31(4)15-12-24(22(2)3)26(21-31)32-29(35)28-25-10-7-8-11-27(25)34-17-9-20-36-30(28)34/h7-8,10-11,22-24,26H,5-6,9,12-21H2,1-4H3,(H,32,35). The van der Waals surface area contributed by atoms with Crippen molar-refractivity contribution in [3.8, 4) is 5.88 Å². The number of nitrogens with one attached hydrogen (secondary N) is 1. The molecule has 2 aliphatic heterocycles. The van der Waals surface area contributed by atoms with E-state index in [2.05, 4.69) is 60.7 Å². The van der Waals surface area contributed by atoms with E-state index in [0.717, 1.165) is 47.7 Å². The smallest absolute Gasteiger partial charge is 0.257 e. The fourth-order valence-electron chi connectivity index (χ4n) is 7.52. The van der Waals surface area contributed by atoms with E-state index in [4.69, 9.17) is 4.74 Å². The first-order chi connectivity index (χ1) is 17.4. The van der Waals surface area contributed by atoms with Gasteiger partial charge in [-0.25, -0.2) is 0 Å². The summed E-state index contributed by atoms with van der Waals surface area (Å²) in [4.78, 5) is 16.6. The Hall–Kier alpha value is -2.01. The van der Waals surface area contributed by atoms with E-state index >= 15 is 0 Å². The maximum atomic E-state index is 13.9. The van der Waals surface area contributed by atoms with Gasteiger partial charge in [0.25, 0.3) is 5.91 Å². The van der Waals surface area contributed by atoms with Crippen LogP contribution in [0.4, 0.5) is 0 Å². The lowest BCUT2D eigenvalue weighted by atomic mass is 9.59. The Labute approximate surface area is 217 Å². The molecule has 0 radical (unpaired) electrons. The SMILES string of the molecule is CCCCN1CCC(C2(C)CCC(C(C)C)C(NC(=O)c3c4n(c5ccccc35)CCCO4)C2)CC1. The van der Waals surface area contributed by atoms with Crippen molar-refractivity contribution in [1.82, 2.24) is 14.8 Å². The molecular formula is C31H47N3O2. The summed E-state index contributed by atoms with van der Waals surface area (Å²) in [5.41, 5.74) is 2.16. The number of nitrogens with zero attached hydrogens (tertiary/aromatic N) is 2. The Morgan fingerprint density at radius 2 is 1.94 bits per heavy atom. The van der Waals surface area contributed by atoms with Gasteiger partial charge in [-0.3, -0.25) is 4.79 Å². The minimum absolute atomic E-state index is 0.0520. The number of carbonyl (C=O) groups is 1. The maximum absolute atomic E-state index is 13.9. The van der Waals surface area contributed by atoms with Gasteiger partial charge in [-0.15, -0.1) is 0 Å². The number of piperidine rings is 1. The van der Waals surface area contributed by atoms with E-state index in [1.807, 2.05) is 6.07 Å². The van der Waals surface area contributed by atoms with E-state index < -0.39 is 0 Å². The number of hydrogen-bond donors (Lipinski definition) is 1. The predicted molar refractivity (Wildman–Crippen MR) is 148 cm³/mol. The number of aromatic nitrogens is 1. The molecule has 36 heavy (non-hydrogen) atoms. The number of rotatable bonds is 7. The second-order valence-corrected chi connectivity index (χ2v) is 12.4. The van der Waals surface area contributed by atoms with Crippen molar-refractivity contribution in [3.05, 3.63) is 29.8 Å². The minimum Gasteiger partial charge on any atom is -0.478 e. The van der Waals surface area contributed by atoms with Crippen LogP contribution in [0.15, 0.2) is 24.3 Å². The molecule has 0 bridgehead atoms. The minimum atomic E-state index is 0.0520. The molecule has 2 fully saturated rings. The molecule has 198 valence electrons. The molecule has 5 rings (SSSR count). The van der Waals surface area contributed by atoms with E-state index in [0.29, 0.717) is 23.9 Å². The molecule has 1 saturated heterocycles. The third-order valence-corrected chi connectivity index (χ3v) is 9.74. The molecule has 3 aliphatic rings. The molecule has 3 atom stereocenters. The predicted octanol–water partition coefficient (Wildman–Crippen LogP) is 6.50. The zero-order valence-corrected chi connectivity index (χ0v) is 23.0. The summed E-state index contributed by atoms with van der Waals surface area (Å²) in [6.07, 6.45) is 9.78. The molecule has 1 saturated carbocycles. The van der Waals surface area contributed by atoms with Gasteiger partial charge < -0.3 is 19.5 Å². The van der Waals surface area contributed by atoms with Crippen molar-refractivity contribution < 1.29 is 9.53 Å². The van der Waals surface area contributed by atoms with Crippen LogP contribution >= 0.6 is 0 Å². The number of para-hydroxylation sites is 1. The molecule has 1 aromatic carbocycles. The highest BCUT2D eigenvalue weighted by atomic mass is 16.5. The van der Waals surface area contributed by atoms with Crippen LogP contribution < -0.4 is 10.1 Å². The lowest BCUT2D eigenvalue weighted by Crippen LogP contribution is -2.51. The summed E-state index contributed by atoms with van der Waals surface area (Å²) in [6, 6.07) is 8.50. The summed E-state index contributed by atoms with van der Waals surface area (Å²) in [6.45, 7) is 14.8. The van der Waals surface area contributed by atoms with Gasteiger partial charge in [-0.05, 0) is 93.8 Å². The average molecular weight is 494 g/mol. The quantitative estimate of drug-likeness (QED) is 0.479. The number of aryl methyl sites for hydroxylation is 1. The fourth-order valence-corrected chi connectivity index (χ4v) is 7.52.